The fourth-order valence-electron chi connectivity index (χ4n) is 2.06. The number of aromatic nitrogens is 2. The molecule has 1 aromatic heterocycles. The molecule has 0 spiro atoms. The number of anilines is 1. The minimum absolute atomic E-state index is 0. The first-order valence-corrected chi connectivity index (χ1v) is 7.51. The summed E-state index contributed by atoms with van der Waals surface area (Å²) in [7, 11) is 3.36. The third-order valence-electron chi connectivity index (χ3n) is 3.17. The Morgan fingerprint density at radius 2 is 2.17 bits per heavy atom. The SMILES string of the molecule is CCOc1cc(NC(=NC)NCCn2ccnc2)ccc1OC.I. The van der Waals surface area contributed by atoms with Gasteiger partial charge in [0.1, 0.15) is 0 Å². The number of halogens is 1. The van der Waals surface area contributed by atoms with Gasteiger partial charge in [0.2, 0.25) is 0 Å². The second kappa shape index (κ2) is 10.7. The van der Waals surface area contributed by atoms with E-state index in [4.69, 9.17) is 9.47 Å². The maximum absolute atomic E-state index is 5.58. The second-order valence-electron chi connectivity index (χ2n) is 4.72. The average Bonchev–Trinajstić information content (AvgIpc) is 3.08. The predicted octanol–water partition coefficient (Wildman–Crippen LogP) is 2.60. The first-order valence-electron chi connectivity index (χ1n) is 7.51. The number of methoxy groups -OCH3 is 1. The predicted molar refractivity (Wildman–Crippen MR) is 107 cm³/mol. The van der Waals surface area contributed by atoms with Crippen molar-refractivity contribution >= 4 is 35.6 Å². The smallest absolute Gasteiger partial charge is 0.195 e. The van der Waals surface area contributed by atoms with Crippen LogP contribution in [0.15, 0.2) is 41.9 Å². The zero-order valence-corrected chi connectivity index (χ0v) is 16.5. The van der Waals surface area contributed by atoms with Gasteiger partial charge < -0.3 is 24.7 Å². The molecule has 0 aliphatic carbocycles. The lowest BCUT2D eigenvalue weighted by Crippen LogP contribution is -2.33. The van der Waals surface area contributed by atoms with Crippen molar-refractivity contribution in [3.8, 4) is 11.5 Å². The highest BCUT2D eigenvalue weighted by Gasteiger charge is 2.06. The Kier molecular flexibility index (Phi) is 8.98. The summed E-state index contributed by atoms with van der Waals surface area (Å²) in [6.45, 7) is 4.08. The molecule has 24 heavy (non-hydrogen) atoms. The van der Waals surface area contributed by atoms with Gasteiger partial charge in [-0.3, -0.25) is 4.99 Å². The van der Waals surface area contributed by atoms with Gasteiger partial charge in [0.15, 0.2) is 17.5 Å². The van der Waals surface area contributed by atoms with Gasteiger partial charge in [0.25, 0.3) is 0 Å². The zero-order chi connectivity index (χ0) is 16.5. The molecule has 1 aromatic carbocycles. The first-order chi connectivity index (χ1) is 11.3. The van der Waals surface area contributed by atoms with Crippen molar-refractivity contribution < 1.29 is 9.47 Å². The summed E-state index contributed by atoms with van der Waals surface area (Å²) in [6, 6.07) is 5.68. The highest BCUT2D eigenvalue weighted by Crippen LogP contribution is 2.30. The van der Waals surface area contributed by atoms with E-state index in [-0.39, 0.29) is 24.0 Å². The van der Waals surface area contributed by atoms with E-state index < -0.39 is 0 Å². The number of hydrogen-bond donors (Lipinski definition) is 2. The topological polar surface area (TPSA) is 72.7 Å². The Bertz CT molecular complexity index is 631. The van der Waals surface area contributed by atoms with Gasteiger partial charge in [0.05, 0.1) is 20.0 Å². The van der Waals surface area contributed by atoms with E-state index in [1.54, 1.807) is 26.7 Å². The van der Waals surface area contributed by atoms with E-state index in [0.717, 1.165) is 18.8 Å². The van der Waals surface area contributed by atoms with Gasteiger partial charge >= 0.3 is 0 Å². The largest absolute Gasteiger partial charge is 0.493 e. The van der Waals surface area contributed by atoms with E-state index >= 15 is 0 Å². The van der Waals surface area contributed by atoms with E-state index in [0.29, 0.717) is 24.1 Å². The van der Waals surface area contributed by atoms with Gasteiger partial charge in [0, 0.05) is 44.3 Å². The lowest BCUT2D eigenvalue weighted by molar-refractivity contribution is 0.311. The van der Waals surface area contributed by atoms with Crippen LogP contribution in [-0.2, 0) is 6.54 Å². The molecule has 0 radical (unpaired) electrons. The van der Waals surface area contributed by atoms with Gasteiger partial charge in [-0.15, -0.1) is 24.0 Å². The Labute approximate surface area is 159 Å². The zero-order valence-electron chi connectivity index (χ0n) is 14.2. The number of imidazole rings is 1. The van der Waals surface area contributed by atoms with Crippen LogP contribution in [0.25, 0.3) is 0 Å². The van der Waals surface area contributed by atoms with Gasteiger partial charge in [-0.2, -0.15) is 0 Å². The number of rotatable bonds is 7. The Hall–Kier alpha value is -1.97. The monoisotopic (exact) mass is 445 g/mol. The molecule has 0 aliphatic heterocycles. The summed E-state index contributed by atoms with van der Waals surface area (Å²) in [4.78, 5) is 8.23. The number of aliphatic imine (C=N–C) groups is 1. The van der Waals surface area contributed by atoms with Gasteiger partial charge in [-0.05, 0) is 19.1 Å². The van der Waals surface area contributed by atoms with Crippen LogP contribution in [0.2, 0.25) is 0 Å². The fourth-order valence-corrected chi connectivity index (χ4v) is 2.06. The standard InChI is InChI=1S/C16H23N5O2.HI/c1-4-23-15-11-13(5-6-14(15)22-3)20-16(17-2)19-8-10-21-9-7-18-12-21;/h5-7,9,11-12H,4,8,10H2,1-3H3,(H2,17,19,20);1H. The summed E-state index contributed by atoms with van der Waals surface area (Å²) in [6.07, 6.45) is 5.48. The number of hydrogen-bond acceptors (Lipinski definition) is 4. The number of ether oxygens (including phenoxy) is 2. The molecule has 0 amide bonds. The van der Waals surface area contributed by atoms with Crippen molar-refractivity contribution in [2.75, 3.05) is 32.6 Å². The third kappa shape index (κ3) is 5.91. The van der Waals surface area contributed by atoms with Crippen LogP contribution >= 0.6 is 24.0 Å². The van der Waals surface area contributed by atoms with Crippen LogP contribution in [-0.4, -0.2) is 42.8 Å². The molecule has 0 aliphatic rings. The van der Waals surface area contributed by atoms with E-state index in [9.17, 15) is 0 Å². The minimum Gasteiger partial charge on any atom is -0.493 e. The quantitative estimate of drug-likeness (QED) is 0.390. The number of benzene rings is 1. The highest BCUT2D eigenvalue weighted by molar-refractivity contribution is 14.0. The lowest BCUT2D eigenvalue weighted by Gasteiger charge is -2.14. The van der Waals surface area contributed by atoms with Gasteiger partial charge in [-0.25, -0.2) is 4.98 Å². The summed E-state index contributed by atoms with van der Waals surface area (Å²) in [5.74, 6) is 2.10. The number of nitrogens with one attached hydrogen (secondary N) is 2. The maximum atomic E-state index is 5.58. The van der Waals surface area contributed by atoms with Crippen LogP contribution in [0.3, 0.4) is 0 Å². The summed E-state index contributed by atoms with van der Waals surface area (Å²) < 4.78 is 12.9. The summed E-state index contributed by atoms with van der Waals surface area (Å²) in [5, 5.41) is 6.49. The second-order valence-corrected chi connectivity index (χ2v) is 4.72. The average molecular weight is 445 g/mol. The van der Waals surface area contributed by atoms with Crippen LogP contribution in [0.5, 0.6) is 11.5 Å². The van der Waals surface area contributed by atoms with Crippen LogP contribution in [0.4, 0.5) is 5.69 Å². The molecule has 8 heteroatoms. The molecule has 7 nitrogen and oxygen atoms in total. The molecule has 0 atom stereocenters. The van der Waals surface area contributed by atoms with Crippen LogP contribution < -0.4 is 20.1 Å². The Morgan fingerprint density at radius 1 is 1.33 bits per heavy atom. The highest BCUT2D eigenvalue weighted by atomic mass is 127. The van der Waals surface area contributed by atoms with Crippen molar-refractivity contribution in [3.05, 3.63) is 36.9 Å². The van der Waals surface area contributed by atoms with Crippen molar-refractivity contribution in [2.45, 2.75) is 13.5 Å². The summed E-state index contributed by atoms with van der Waals surface area (Å²) >= 11 is 0. The van der Waals surface area contributed by atoms with Crippen molar-refractivity contribution in [2.24, 2.45) is 4.99 Å². The van der Waals surface area contributed by atoms with Crippen molar-refractivity contribution in [3.63, 3.8) is 0 Å². The third-order valence-corrected chi connectivity index (χ3v) is 3.17. The molecule has 132 valence electrons. The molecule has 2 rings (SSSR count). The molecular weight excluding hydrogens is 421 g/mol. The molecule has 2 aromatic rings. The normalized spacial score (nSPS) is 10.7. The molecule has 0 unspecified atom stereocenters. The van der Waals surface area contributed by atoms with E-state index in [1.165, 1.54) is 0 Å². The summed E-state index contributed by atoms with van der Waals surface area (Å²) in [5.41, 5.74) is 0.880. The van der Waals surface area contributed by atoms with Crippen LogP contribution in [0, 0.1) is 0 Å². The molecule has 0 saturated heterocycles. The molecule has 0 bridgehead atoms. The molecule has 1 heterocycles. The molecule has 2 N–H and O–H groups in total. The maximum Gasteiger partial charge on any atom is 0.195 e. The number of nitrogens with zero attached hydrogens (tertiary/aromatic N) is 3. The minimum atomic E-state index is 0. The van der Waals surface area contributed by atoms with Crippen molar-refractivity contribution in [1.82, 2.24) is 14.9 Å². The van der Waals surface area contributed by atoms with E-state index in [1.807, 2.05) is 35.9 Å². The fraction of sp³-hybridized carbons (Fsp3) is 0.375. The van der Waals surface area contributed by atoms with E-state index in [2.05, 4.69) is 20.6 Å². The van der Waals surface area contributed by atoms with Gasteiger partial charge in [-0.1, -0.05) is 0 Å². The molecular formula is C16H24IN5O2. The first kappa shape index (κ1) is 20.1. The van der Waals surface area contributed by atoms with Crippen molar-refractivity contribution in [1.29, 1.82) is 0 Å². The Balaban J connectivity index is 0.00000288. The molecule has 0 fully saturated rings. The lowest BCUT2D eigenvalue weighted by atomic mass is 10.2. The van der Waals surface area contributed by atoms with Crippen LogP contribution in [0.1, 0.15) is 6.92 Å². The Morgan fingerprint density at radius 3 is 2.79 bits per heavy atom. The molecule has 0 saturated carbocycles. The number of guanidine groups is 1.